The molecule has 1 saturated heterocycles. The van der Waals surface area contributed by atoms with Gasteiger partial charge in [-0.15, -0.1) is 0 Å². The minimum atomic E-state index is -0.272. The SMILES string of the molecule is CC(C)C1CN(Cc2ccc(F)cc2Cl)CCCN1. The lowest BCUT2D eigenvalue weighted by Crippen LogP contribution is -2.41. The molecule has 0 spiro atoms. The summed E-state index contributed by atoms with van der Waals surface area (Å²) in [5.74, 6) is 0.343. The Balaban J connectivity index is 2.04. The van der Waals surface area contributed by atoms with Gasteiger partial charge in [-0.25, -0.2) is 4.39 Å². The highest BCUT2D eigenvalue weighted by atomic mass is 35.5. The zero-order valence-electron chi connectivity index (χ0n) is 11.6. The quantitative estimate of drug-likeness (QED) is 0.916. The number of hydrogen-bond acceptors (Lipinski definition) is 2. The Bertz CT molecular complexity index is 423. The van der Waals surface area contributed by atoms with Gasteiger partial charge in [-0.1, -0.05) is 31.5 Å². The van der Waals surface area contributed by atoms with Gasteiger partial charge < -0.3 is 5.32 Å². The molecule has 0 saturated carbocycles. The highest BCUT2D eigenvalue weighted by molar-refractivity contribution is 6.31. The van der Waals surface area contributed by atoms with E-state index in [9.17, 15) is 4.39 Å². The molecule has 19 heavy (non-hydrogen) atoms. The summed E-state index contributed by atoms with van der Waals surface area (Å²) in [7, 11) is 0. The van der Waals surface area contributed by atoms with Crippen molar-refractivity contribution in [3.05, 3.63) is 34.6 Å². The van der Waals surface area contributed by atoms with Crippen LogP contribution in [0.5, 0.6) is 0 Å². The van der Waals surface area contributed by atoms with E-state index in [1.165, 1.54) is 12.1 Å². The second-order valence-corrected chi connectivity index (χ2v) is 6.04. The fourth-order valence-corrected chi connectivity index (χ4v) is 2.73. The molecular weight excluding hydrogens is 263 g/mol. The number of nitrogens with zero attached hydrogens (tertiary/aromatic N) is 1. The normalized spacial score (nSPS) is 21.6. The molecule has 1 heterocycles. The molecule has 4 heteroatoms. The first-order valence-corrected chi connectivity index (χ1v) is 7.33. The molecule has 1 aromatic rings. The molecule has 106 valence electrons. The average Bonchev–Trinajstić information content (AvgIpc) is 2.58. The molecule has 1 aliphatic heterocycles. The lowest BCUT2D eigenvalue weighted by molar-refractivity contribution is 0.238. The number of rotatable bonds is 3. The van der Waals surface area contributed by atoms with Gasteiger partial charge in [-0.3, -0.25) is 4.90 Å². The van der Waals surface area contributed by atoms with Crippen molar-refractivity contribution in [1.29, 1.82) is 0 Å². The van der Waals surface area contributed by atoms with Crippen LogP contribution in [-0.2, 0) is 6.54 Å². The topological polar surface area (TPSA) is 15.3 Å². The van der Waals surface area contributed by atoms with Gasteiger partial charge in [0, 0.05) is 24.2 Å². The first-order valence-electron chi connectivity index (χ1n) is 6.96. The Kier molecular flexibility index (Phi) is 5.20. The molecule has 0 radical (unpaired) electrons. The molecule has 0 aromatic heterocycles. The summed E-state index contributed by atoms with van der Waals surface area (Å²) in [5, 5.41) is 4.11. The van der Waals surface area contributed by atoms with Gasteiger partial charge in [0.1, 0.15) is 5.82 Å². The number of halogens is 2. The lowest BCUT2D eigenvalue weighted by Gasteiger charge is -2.27. The maximum atomic E-state index is 13.1. The van der Waals surface area contributed by atoms with Crippen LogP contribution in [0.25, 0.3) is 0 Å². The third kappa shape index (κ3) is 4.16. The van der Waals surface area contributed by atoms with Crippen LogP contribution in [0.4, 0.5) is 4.39 Å². The molecule has 1 aliphatic rings. The second kappa shape index (κ2) is 6.69. The number of benzene rings is 1. The van der Waals surface area contributed by atoms with Crippen molar-refractivity contribution in [2.45, 2.75) is 32.9 Å². The molecule has 0 bridgehead atoms. The van der Waals surface area contributed by atoms with Crippen molar-refractivity contribution in [2.75, 3.05) is 19.6 Å². The molecule has 1 fully saturated rings. The Morgan fingerprint density at radius 3 is 2.95 bits per heavy atom. The van der Waals surface area contributed by atoms with Gasteiger partial charge in [0.25, 0.3) is 0 Å². The van der Waals surface area contributed by atoms with Crippen molar-refractivity contribution in [3.8, 4) is 0 Å². The predicted octanol–water partition coefficient (Wildman–Crippen LogP) is 3.30. The van der Waals surface area contributed by atoms with E-state index < -0.39 is 0 Å². The van der Waals surface area contributed by atoms with Crippen LogP contribution in [0.3, 0.4) is 0 Å². The Hall–Kier alpha value is -0.640. The summed E-state index contributed by atoms with van der Waals surface area (Å²) >= 11 is 6.11. The van der Waals surface area contributed by atoms with Crippen LogP contribution in [0.1, 0.15) is 25.8 Å². The van der Waals surface area contributed by atoms with Crippen molar-refractivity contribution in [3.63, 3.8) is 0 Å². The zero-order chi connectivity index (χ0) is 13.8. The van der Waals surface area contributed by atoms with E-state index in [2.05, 4.69) is 24.1 Å². The number of nitrogens with one attached hydrogen (secondary N) is 1. The van der Waals surface area contributed by atoms with Crippen LogP contribution in [0, 0.1) is 11.7 Å². The molecule has 2 nitrogen and oxygen atoms in total. The third-order valence-electron chi connectivity index (χ3n) is 3.73. The van der Waals surface area contributed by atoms with Gasteiger partial charge >= 0.3 is 0 Å². The van der Waals surface area contributed by atoms with E-state index in [4.69, 9.17) is 11.6 Å². The van der Waals surface area contributed by atoms with Crippen LogP contribution in [-0.4, -0.2) is 30.6 Å². The minimum absolute atomic E-state index is 0.272. The smallest absolute Gasteiger partial charge is 0.124 e. The molecule has 1 unspecified atom stereocenters. The van der Waals surface area contributed by atoms with Gasteiger partial charge in [0.15, 0.2) is 0 Å². The Morgan fingerprint density at radius 1 is 1.47 bits per heavy atom. The maximum absolute atomic E-state index is 13.1. The van der Waals surface area contributed by atoms with Crippen molar-refractivity contribution < 1.29 is 4.39 Å². The average molecular weight is 285 g/mol. The second-order valence-electron chi connectivity index (χ2n) is 5.63. The highest BCUT2D eigenvalue weighted by Crippen LogP contribution is 2.20. The van der Waals surface area contributed by atoms with Gasteiger partial charge in [-0.2, -0.15) is 0 Å². The molecule has 0 aliphatic carbocycles. The highest BCUT2D eigenvalue weighted by Gasteiger charge is 2.20. The summed E-state index contributed by atoms with van der Waals surface area (Å²) < 4.78 is 13.1. The molecular formula is C15H22ClFN2. The van der Waals surface area contributed by atoms with E-state index in [1.807, 2.05) is 0 Å². The van der Waals surface area contributed by atoms with Crippen LogP contribution < -0.4 is 5.32 Å². The summed E-state index contributed by atoms with van der Waals surface area (Å²) in [4.78, 5) is 2.41. The minimum Gasteiger partial charge on any atom is -0.312 e. The third-order valence-corrected chi connectivity index (χ3v) is 4.08. The van der Waals surface area contributed by atoms with Crippen molar-refractivity contribution >= 4 is 11.6 Å². The fourth-order valence-electron chi connectivity index (χ4n) is 2.51. The van der Waals surface area contributed by atoms with Gasteiger partial charge in [0.05, 0.1) is 0 Å². The largest absolute Gasteiger partial charge is 0.312 e. The summed E-state index contributed by atoms with van der Waals surface area (Å²) in [5.41, 5.74) is 1.01. The van der Waals surface area contributed by atoms with Crippen molar-refractivity contribution in [2.24, 2.45) is 5.92 Å². The molecule has 1 atom stereocenters. The lowest BCUT2D eigenvalue weighted by atomic mass is 10.0. The summed E-state index contributed by atoms with van der Waals surface area (Å²) in [6.45, 7) is 8.42. The van der Waals surface area contributed by atoms with Crippen LogP contribution >= 0.6 is 11.6 Å². The summed E-state index contributed by atoms with van der Waals surface area (Å²) in [6, 6.07) is 5.19. The van der Waals surface area contributed by atoms with E-state index >= 15 is 0 Å². The van der Waals surface area contributed by atoms with Gasteiger partial charge in [-0.05, 0) is 43.1 Å². The fraction of sp³-hybridized carbons (Fsp3) is 0.600. The summed E-state index contributed by atoms with van der Waals surface area (Å²) in [6.07, 6.45) is 1.14. The maximum Gasteiger partial charge on any atom is 0.124 e. The van der Waals surface area contributed by atoms with Crippen molar-refractivity contribution in [1.82, 2.24) is 10.2 Å². The van der Waals surface area contributed by atoms with Crippen LogP contribution in [0.2, 0.25) is 5.02 Å². The van der Waals surface area contributed by atoms with Gasteiger partial charge in [0.2, 0.25) is 0 Å². The van der Waals surface area contributed by atoms with E-state index in [1.54, 1.807) is 6.07 Å². The molecule has 1 aromatic carbocycles. The predicted molar refractivity (Wildman–Crippen MR) is 77.9 cm³/mol. The first-order chi connectivity index (χ1) is 9.06. The zero-order valence-corrected chi connectivity index (χ0v) is 12.4. The van der Waals surface area contributed by atoms with E-state index in [0.29, 0.717) is 17.0 Å². The Labute approximate surface area is 119 Å². The van der Waals surface area contributed by atoms with Crippen LogP contribution in [0.15, 0.2) is 18.2 Å². The molecule has 1 N–H and O–H groups in total. The molecule has 0 amide bonds. The Morgan fingerprint density at radius 2 is 2.26 bits per heavy atom. The monoisotopic (exact) mass is 284 g/mol. The molecule has 2 rings (SSSR count). The first kappa shape index (κ1) is 14.8. The number of hydrogen-bond donors (Lipinski definition) is 1. The standard InChI is InChI=1S/C15H22ClFN2/c1-11(2)15-10-19(7-3-6-18-15)9-12-4-5-13(17)8-14(12)16/h4-5,8,11,15,18H,3,6-7,9-10H2,1-2H3. The van der Waals surface area contributed by atoms with E-state index in [0.717, 1.165) is 38.2 Å². The van der Waals surface area contributed by atoms with E-state index in [-0.39, 0.29) is 5.82 Å².